The van der Waals surface area contributed by atoms with E-state index in [1.807, 2.05) is 19.1 Å². The summed E-state index contributed by atoms with van der Waals surface area (Å²) in [6.07, 6.45) is -8.31. The van der Waals surface area contributed by atoms with Gasteiger partial charge >= 0.3 is 23.9 Å². The van der Waals surface area contributed by atoms with Gasteiger partial charge in [0.2, 0.25) is 0 Å². The predicted molar refractivity (Wildman–Crippen MR) is 284 cm³/mol. The van der Waals surface area contributed by atoms with Crippen molar-refractivity contribution < 1.29 is 70.8 Å². The van der Waals surface area contributed by atoms with Crippen molar-refractivity contribution in [2.45, 2.75) is 175 Å². The molecule has 2 aromatic rings. The lowest BCUT2D eigenvalue weighted by Gasteiger charge is -2.36. The first-order chi connectivity index (χ1) is 35.8. The average Bonchev–Trinajstić information content (AvgIpc) is 3.35. The quantitative estimate of drug-likeness (QED) is 0.167. The average molecular weight is 1080 g/mol. The Labute approximate surface area is 453 Å². The number of anilines is 1. The number of halogens is 2. The number of benzene rings is 2. The van der Waals surface area contributed by atoms with E-state index in [-0.39, 0.29) is 37.5 Å². The molecule has 0 saturated carbocycles. The molecular formula is C57H83F2N5O13. The second kappa shape index (κ2) is 27.4. The van der Waals surface area contributed by atoms with Crippen LogP contribution in [0.5, 0.6) is 0 Å². The number of esters is 4. The van der Waals surface area contributed by atoms with Gasteiger partial charge in [0.1, 0.15) is 35.5 Å². The van der Waals surface area contributed by atoms with Crippen LogP contribution in [0.25, 0.3) is 0 Å². The first kappa shape index (κ1) is 63.4. The summed E-state index contributed by atoms with van der Waals surface area (Å²) < 4.78 is 60.6. The largest absolute Gasteiger partial charge is 0.451 e. The zero-order chi connectivity index (χ0) is 57.9. The molecule has 2 saturated heterocycles. The molecule has 2 aliphatic heterocycles. The second-order valence-electron chi connectivity index (χ2n) is 22.6. The zero-order valence-corrected chi connectivity index (χ0v) is 47.8. The van der Waals surface area contributed by atoms with Crippen LogP contribution in [-0.2, 0) is 74.9 Å². The number of carbonyl (C=O) groups is 8. The van der Waals surface area contributed by atoms with Crippen molar-refractivity contribution in [2.75, 3.05) is 59.4 Å². The van der Waals surface area contributed by atoms with Gasteiger partial charge in [-0.25, -0.2) is 28.0 Å². The summed E-state index contributed by atoms with van der Waals surface area (Å²) in [5.41, 5.74) is -1.33. The minimum absolute atomic E-state index is 0.00163. The minimum atomic E-state index is -2.10. The summed E-state index contributed by atoms with van der Waals surface area (Å²) in [5, 5.41) is 0. The molecule has 18 nitrogen and oxygen atoms in total. The molecule has 0 unspecified atom stereocenters. The van der Waals surface area contributed by atoms with E-state index in [9.17, 15) is 38.4 Å². The molecule has 0 aromatic heterocycles. The summed E-state index contributed by atoms with van der Waals surface area (Å²) in [4.78, 5) is 122. The van der Waals surface area contributed by atoms with Crippen LogP contribution in [0.2, 0.25) is 0 Å². The van der Waals surface area contributed by atoms with Crippen LogP contribution in [0.3, 0.4) is 0 Å². The number of hydrogen-bond donors (Lipinski definition) is 0. The third-order valence-electron chi connectivity index (χ3n) is 13.7. The van der Waals surface area contributed by atoms with Gasteiger partial charge in [-0.2, -0.15) is 0 Å². The number of aryl methyl sites for hydroxylation is 1. The fraction of sp³-hybridized carbons (Fsp3) is 0.649. The molecule has 2 aromatic carbocycles. The number of rotatable bonds is 13. The fourth-order valence-corrected chi connectivity index (χ4v) is 9.26. The Morgan fingerprint density at radius 2 is 0.831 bits per heavy atom. The van der Waals surface area contributed by atoms with Crippen LogP contribution in [0.1, 0.15) is 112 Å². The Hall–Kier alpha value is -6.18. The number of amides is 4. The summed E-state index contributed by atoms with van der Waals surface area (Å²) >= 11 is 0. The van der Waals surface area contributed by atoms with Crippen molar-refractivity contribution in [2.24, 2.45) is 11.8 Å². The summed E-state index contributed by atoms with van der Waals surface area (Å²) in [6, 6.07) is 8.04. The number of nitrogens with zero attached hydrogens (tertiary/aromatic N) is 5. The molecule has 0 aliphatic carbocycles. The van der Waals surface area contributed by atoms with Crippen LogP contribution < -0.4 is 4.90 Å². The van der Waals surface area contributed by atoms with Gasteiger partial charge in [0.05, 0.1) is 13.2 Å². The first-order valence-corrected chi connectivity index (χ1v) is 26.5. The molecule has 4 rings (SSSR count). The molecular weight excluding hydrogens is 1000 g/mol. The molecule has 0 spiro atoms. The fourth-order valence-electron chi connectivity index (χ4n) is 9.26. The van der Waals surface area contributed by atoms with Crippen LogP contribution in [0, 0.1) is 18.8 Å². The van der Waals surface area contributed by atoms with Crippen LogP contribution in [0.15, 0.2) is 48.5 Å². The highest BCUT2D eigenvalue weighted by molar-refractivity contribution is 5.94. The Morgan fingerprint density at radius 3 is 1.17 bits per heavy atom. The van der Waals surface area contributed by atoms with Crippen molar-refractivity contribution in [3.63, 3.8) is 0 Å². The molecule has 2 heterocycles. The molecule has 77 heavy (non-hydrogen) atoms. The van der Waals surface area contributed by atoms with Gasteiger partial charge in [-0.3, -0.25) is 19.2 Å². The van der Waals surface area contributed by atoms with E-state index in [0.29, 0.717) is 37.4 Å². The number of cyclic esters (lactones) is 4. The second-order valence-corrected chi connectivity index (χ2v) is 22.6. The number of likely N-dealkylation sites (N-methyl/N-ethyl adjacent to an activating group) is 4. The Balaban J connectivity index is 1.89. The van der Waals surface area contributed by atoms with Gasteiger partial charge in [0.15, 0.2) is 24.4 Å². The highest BCUT2D eigenvalue weighted by Gasteiger charge is 2.44. The van der Waals surface area contributed by atoms with E-state index >= 15 is 8.78 Å². The van der Waals surface area contributed by atoms with Gasteiger partial charge in [-0.05, 0) is 96.4 Å². The highest BCUT2D eigenvalue weighted by Crippen LogP contribution is 2.28. The number of ether oxygens (including phenoxy) is 5. The van der Waals surface area contributed by atoms with Gasteiger partial charge in [0.25, 0.3) is 23.6 Å². The third kappa shape index (κ3) is 18.5. The summed E-state index contributed by atoms with van der Waals surface area (Å²) in [7, 11) is 5.03. The van der Waals surface area contributed by atoms with E-state index in [2.05, 4.69) is 4.90 Å². The number of hydrogen-bond acceptors (Lipinski definition) is 14. The van der Waals surface area contributed by atoms with E-state index in [1.165, 1.54) is 69.7 Å². The molecule has 428 valence electrons. The normalized spacial score (nSPS) is 25.2. The van der Waals surface area contributed by atoms with E-state index in [1.54, 1.807) is 64.1 Å². The third-order valence-corrected chi connectivity index (χ3v) is 13.7. The predicted octanol–water partition coefficient (Wildman–Crippen LogP) is 5.99. The van der Waals surface area contributed by atoms with Crippen molar-refractivity contribution in [3.8, 4) is 0 Å². The number of alkyl halides is 2. The molecule has 2 fully saturated rings. The first-order valence-electron chi connectivity index (χ1n) is 26.5. The van der Waals surface area contributed by atoms with E-state index in [0.717, 1.165) is 30.9 Å². The molecule has 8 atom stereocenters. The molecule has 0 radical (unpaired) electrons. The van der Waals surface area contributed by atoms with Crippen LogP contribution in [-0.4, -0.2) is 182 Å². The lowest BCUT2D eigenvalue weighted by Crippen LogP contribution is -2.55. The standard InChI is InChI=1S/C57H83F2N5O13/c1-34(2)28-42-52(69)74-38(7)49(66)63(15)45(33-57(10,11)59)55(72)77-47(31-40-20-22-41(23-21-40)64-24-26-73-27-25-64)51(68)61(13)43(29-35(3)4)53(70)75-37(6)48(65)62(14)44(32-56(8,9)58)54(71)76-46(50(67)60(42)12)30-39-18-16-36(5)17-19-39/h16-23,34-35,37-38,42-47H,24-33H2,1-15H3/t37-,38-,42+,43+,44+,45+,46-,47-/m1/s1. The smallest absolute Gasteiger partial charge is 0.329 e. The van der Waals surface area contributed by atoms with Crippen molar-refractivity contribution in [1.82, 2.24) is 19.6 Å². The molecule has 20 heteroatoms. The van der Waals surface area contributed by atoms with Crippen molar-refractivity contribution >= 4 is 53.2 Å². The van der Waals surface area contributed by atoms with Gasteiger partial charge < -0.3 is 48.2 Å². The monoisotopic (exact) mass is 1080 g/mol. The maximum Gasteiger partial charge on any atom is 0.329 e. The topological polar surface area (TPSA) is 199 Å². The van der Waals surface area contributed by atoms with Gasteiger partial charge in [0, 0.05) is 72.7 Å². The van der Waals surface area contributed by atoms with Gasteiger partial charge in [-0.1, -0.05) is 69.7 Å². The molecule has 0 bridgehead atoms. The maximum absolute atomic E-state index is 15.8. The van der Waals surface area contributed by atoms with Crippen molar-refractivity contribution in [3.05, 3.63) is 65.2 Å². The van der Waals surface area contributed by atoms with Gasteiger partial charge in [-0.15, -0.1) is 0 Å². The Morgan fingerprint density at radius 1 is 0.506 bits per heavy atom. The molecule has 0 N–H and O–H groups in total. The Bertz CT molecular complexity index is 2370. The minimum Gasteiger partial charge on any atom is -0.451 e. The summed E-state index contributed by atoms with van der Waals surface area (Å²) in [6.45, 7) is 18.7. The highest BCUT2D eigenvalue weighted by atomic mass is 19.1. The van der Waals surface area contributed by atoms with E-state index in [4.69, 9.17) is 23.7 Å². The zero-order valence-electron chi connectivity index (χ0n) is 47.8. The van der Waals surface area contributed by atoms with Crippen LogP contribution >= 0.6 is 0 Å². The van der Waals surface area contributed by atoms with Crippen LogP contribution in [0.4, 0.5) is 14.5 Å². The van der Waals surface area contributed by atoms with Crippen molar-refractivity contribution in [1.29, 1.82) is 0 Å². The summed E-state index contributed by atoms with van der Waals surface area (Å²) in [5.74, 6) is -8.56. The lowest BCUT2D eigenvalue weighted by atomic mass is 9.98. The SMILES string of the molecule is Cc1ccc(C[C@H]2OC(=O)[C@H](CC(C)(C)F)N(C)C(=O)[C@@H](C)OC(=O)[C@H](CC(C)C)N(C)C(=O)[C@@H](Cc3ccc(N4CCOCC4)cc3)OC(=O)[C@H](CC(C)(C)F)N(C)C(=O)[C@@H](C)OC(=O)[C@H](CC(C)C)N(C)C2=O)cc1. The van der Waals surface area contributed by atoms with E-state index < -0.39 is 120 Å². The molecule has 2 aliphatic rings. The lowest BCUT2D eigenvalue weighted by molar-refractivity contribution is -0.176. The number of carbonyl (C=O) groups excluding carboxylic acids is 8. The Kier molecular flexibility index (Phi) is 22.6. The number of morpholine rings is 1. The molecule has 4 amide bonds. The maximum atomic E-state index is 15.8.